The van der Waals surface area contributed by atoms with Gasteiger partial charge in [0.25, 0.3) is 5.91 Å². The van der Waals surface area contributed by atoms with Crippen molar-refractivity contribution in [2.45, 2.75) is 50.3 Å². The summed E-state index contributed by atoms with van der Waals surface area (Å²) in [5.41, 5.74) is 1.76. The number of rotatable bonds is 6. The van der Waals surface area contributed by atoms with Gasteiger partial charge < -0.3 is 20.1 Å². The lowest BCUT2D eigenvalue weighted by molar-refractivity contribution is -0.124. The summed E-state index contributed by atoms with van der Waals surface area (Å²) < 4.78 is 39.1. The van der Waals surface area contributed by atoms with E-state index in [4.69, 9.17) is 9.47 Å². The lowest BCUT2D eigenvalue weighted by Crippen LogP contribution is -2.45. The summed E-state index contributed by atoms with van der Waals surface area (Å²) in [6.45, 7) is 3.77. The topological polar surface area (TPSA) is 114 Å². The molecule has 2 N–H and O–H groups in total. The summed E-state index contributed by atoms with van der Waals surface area (Å²) in [5, 5.41) is 5.57. The van der Waals surface area contributed by atoms with E-state index in [0.717, 1.165) is 5.56 Å². The number of anilines is 1. The fourth-order valence-electron chi connectivity index (χ4n) is 4.13. The maximum absolute atomic E-state index is 13.5. The molecule has 2 heterocycles. The molecule has 9 nitrogen and oxygen atoms in total. The molecule has 2 aromatic rings. The number of sulfonamides is 1. The quantitative estimate of drug-likeness (QED) is 0.665. The van der Waals surface area contributed by atoms with Crippen LogP contribution in [0.25, 0.3) is 0 Å². The highest BCUT2D eigenvalue weighted by Gasteiger charge is 2.40. The Hall–Kier alpha value is -3.11. The third kappa shape index (κ3) is 4.53. The van der Waals surface area contributed by atoms with Crippen LogP contribution in [0.2, 0.25) is 0 Å². The molecule has 0 bridgehead atoms. The van der Waals surface area contributed by atoms with Gasteiger partial charge in [-0.2, -0.15) is 4.31 Å². The predicted octanol–water partition coefficient (Wildman–Crippen LogP) is 2.19. The van der Waals surface area contributed by atoms with Crippen molar-refractivity contribution in [3.8, 4) is 11.5 Å². The summed E-state index contributed by atoms with van der Waals surface area (Å²) >= 11 is 0. The van der Waals surface area contributed by atoms with E-state index in [1.54, 1.807) is 27.0 Å². The number of fused-ring (bicyclic) bond motifs is 1. The molecule has 2 aromatic carbocycles. The molecule has 176 valence electrons. The van der Waals surface area contributed by atoms with Gasteiger partial charge in [-0.3, -0.25) is 9.59 Å². The van der Waals surface area contributed by atoms with Crippen LogP contribution in [0.1, 0.15) is 30.9 Å². The van der Waals surface area contributed by atoms with Crippen LogP contribution in [0.15, 0.2) is 41.3 Å². The Morgan fingerprint density at radius 1 is 1.30 bits per heavy atom. The number of nitrogens with one attached hydrogen (secondary N) is 2. The molecule has 0 aliphatic carbocycles. The van der Waals surface area contributed by atoms with Crippen molar-refractivity contribution in [3.05, 3.63) is 47.5 Å². The van der Waals surface area contributed by atoms with E-state index in [9.17, 15) is 18.0 Å². The van der Waals surface area contributed by atoms with Crippen LogP contribution >= 0.6 is 0 Å². The minimum atomic E-state index is -3.96. The van der Waals surface area contributed by atoms with Gasteiger partial charge >= 0.3 is 0 Å². The number of aryl methyl sites for hydroxylation is 1. The fourth-order valence-corrected chi connectivity index (χ4v) is 6.01. The summed E-state index contributed by atoms with van der Waals surface area (Å²) in [7, 11) is -2.39. The maximum Gasteiger partial charge on any atom is 0.265 e. The smallest absolute Gasteiger partial charge is 0.265 e. The molecule has 10 heteroatoms. The Kier molecular flexibility index (Phi) is 6.31. The first kappa shape index (κ1) is 23.1. The van der Waals surface area contributed by atoms with Crippen LogP contribution in [0.3, 0.4) is 0 Å². The molecule has 0 spiro atoms. The molecule has 0 aromatic heterocycles. The van der Waals surface area contributed by atoms with Crippen LogP contribution in [-0.2, 0) is 26.2 Å². The highest BCUT2D eigenvalue weighted by Crippen LogP contribution is 2.37. The zero-order valence-corrected chi connectivity index (χ0v) is 19.6. The summed E-state index contributed by atoms with van der Waals surface area (Å²) in [6.07, 6.45) is 0.304. The lowest BCUT2D eigenvalue weighted by atomic mass is 10.1. The molecule has 2 aliphatic rings. The van der Waals surface area contributed by atoms with Gasteiger partial charge in [0.1, 0.15) is 17.5 Å². The normalized spacial score (nSPS) is 20.5. The zero-order valence-electron chi connectivity index (χ0n) is 18.8. The second kappa shape index (κ2) is 9.03. The first-order chi connectivity index (χ1) is 15.7. The minimum absolute atomic E-state index is 0.0668. The first-order valence-electron chi connectivity index (χ1n) is 10.8. The van der Waals surface area contributed by atoms with Crippen molar-refractivity contribution in [1.82, 2.24) is 9.62 Å². The molecular formula is C23H27N3O6S. The van der Waals surface area contributed by atoms with Crippen LogP contribution in [0.4, 0.5) is 5.69 Å². The molecule has 1 saturated heterocycles. The summed E-state index contributed by atoms with van der Waals surface area (Å²) in [5.74, 6) is 0.350. The van der Waals surface area contributed by atoms with Gasteiger partial charge in [0.15, 0.2) is 6.10 Å². The van der Waals surface area contributed by atoms with Gasteiger partial charge in [-0.05, 0) is 56.0 Å². The Balaban J connectivity index is 1.54. The van der Waals surface area contributed by atoms with Crippen LogP contribution in [-0.4, -0.2) is 50.3 Å². The average molecular weight is 474 g/mol. The summed E-state index contributed by atoms with van der Waals surface area (Å²) in [6, 6.07) is 9.54. The van der Waals surface area contributed by atoms with Gasteiger partial charge in [0.2, 0.25) is 15.9 Å². The van der Waals surface area contributed by atoms with Crippen LogP contribution in [0.5, 0.6) is 11.5 Å². The number of carbonyl (C=O) groups is 2. The third-order valence-corrected chi connectivity index (χ3v) is 7.95. The molecule has 0 unspecified atom stereocenters. The molecular weight excluding hydrogens is 446 g/mol. The first-order valence-corrected chi connectivity index (χ1v) is 12.2. The van der Waals surface area contributed by atoms with E-state index in [1.165, 1.54) is 10.4 Å². The minimum Gasteiger partial charge on any atom is -0.497 e. The lowest BCUT2D eigenvalue weighted by Gasteiger charge is -2.27. The van der Waals surface area contributed by atoms with Crippen LogP contribution in [0, 0.1) is 6.92 Å². The van der Waals surface area contributed by atoms with E-state index >= 15 is 0 Å². The zero-order chi connectivity index (χ0) is 23.8. The highest BCUT2D eigenvalue weighted by atomic mass is 32.2. The predicted molar refractivity (Wildman–Crippen MR) is 122 cm³/mol. The molecule has 1 fully saturated rings. The number of ether oxygens (including phenoxy) is 2. The molecule has 0 saturated carbocycles. The average Bonchev–Trinajstić information content (AvgIpc) is 3.29. The van der Waals surface area contributed by atoms with Crippen molar-refractivity contribution < 1.29 is 27.5 Å². The van der Waals surface area contributed by atoms with Crippen molar-refractivity contribution >= 4 is 27.5 Å². The molecule has 0 radical (unpaired) electrons. The second-order valence-corrected chi connectivity index (χ2v) is 10.1. The van der Waals surface area contributed by atoms with E-state index < -0.39 is 22.2 Å². The van der Waals surface area contributed by atoms with E-state index in [-0.39, 0.29) is 29.8 Å². The standard InChI is InChI=1S/C23H27N3O6S/c1-14-10-18-20(32-15(2)22(27)25-18)12-21(14)33(29,30)26-9-5-8-19(26)23(28)24-13-16-6-4-7-17(11-16)31-3/h4,6-7,10-12,15,19H,5,8-9,13H2,1-3H3,(H,24,28)(H,25,27)/t15-,19+/m1/s1. The second-order valence-electron chi connectivity index (χ2n) is 8.21. The molecule has 4 rings (SSSR count). The highest BCUT2D eigenvalue weighted by molar-refractivity contribution is 7.89. The molecule has 2 aliphatic heterocycles. The third-order valence-electron chi connectivity index (χ3n) is 5.90. The SMILES string of the molecule is COc1cccc(CNC(=O)[C@@H]2CCCN2S(=O)(=O)c2cc3c(cc2C)NC(=O)[C@@H](C)O3)c1. The van der Waals surface area contributed by atoms with E-state index in [2.05, 4.69) is 10.6 Å². The Morgan fingerprint density at radius 2 is 2.09 bits per heavy atom. The largest absolute Gasteiger partial charge is 0.497 e. The van der Waals surface area contributed by atoms with E-state index in [0.29, 0.717) is 35.6 Å². The molecule has 33 heavy (non-hydrogen) atoms. The number of amides is 2. The number of hydrogen-bond acceptors (Lipinski definition) is 6. The Labute approximate surface area is 193 Å². The van der Waals surface area contributed by atoms with Gasteiger partial charge in [0.05, 0.1) is 17.7 Å². The van der Waals surface area contributed by atoms with Crippen molar-refractivity contribution in [2.75, 3.05) is 19.0 Å². The molecule has 2 atom stereocenters. The summed E-state index contributed by atoms with van der Waals surface area (Å²) in [4.78, 5) is 24.9. The number of benzene rings is 2. The number of carbonyl (C=O) groups excluding carboxylic acids is 2. The van der Waals surface area contributed by atoms with Crippen molar-refractivity contribution in [3.63, 3.8) is 0 Å². The number of methoxy groups -OCH3 is 1. The van der Waals surface area contributed by atoms with E-state index in [1.807, 2.05) is 24.3 Å². The van der Waals surface area contributed by atoms with Gasteiger partial charge in [-0.1, -0.05) is 12.1 Å². The van der Waals surface area contributed by atoms with Crippen molar-refractivity contribution in [1.29, 1.82) is 0 Å². The van der Waals surface area contributed by atoms with Gasteiger partial charge in [-0.15, -0.1) is 0 Å². The van der Waals surface area contributed by atoms with Gasteiger partial charge in [0, 0.05) is 19.2 Å². The monoisotopic (exact) mass is 473 g/mol. The van der Waals surface area contributed by atoms with Crippen LogP contribution < -0.4 is 20.1 Å². The Bertz CT molecular complexity index is 1200. The molecule has 2 amide bonds. The van der Waals surface area contributed by atoms with Gasteiger partial charge in [-0.25, -0.2) is 8.42 Å². The number of hydrogen-bond donors (Lipinski definition) is 2. The Morgan fingerprint density at radius 3 is 2.85 bits per heavy atom. The fraction of sp³-hybridized carbons (Fsp3) is 0.391. The van der Waals surface area contributed by atoms with Crippen molar-refractivity contribution in [2.24, 2.45) is 0 Å². The number of nitrogens with zero attached hydrogens (tertiary/aromatic N) is 1. The maximum atomic E-state index is 13.5.